The summed E-state index contributed by atoms with van der Waals surface area (Å²) in [5.41, 5.74) is 17.6. The van der Waals surface area contributed by atoms with Crippen molar-refractivity contribution in [1.82, 2.24) is 15.0 Å². The summed E-state index contributed by atoms with van der Waals surface area (Å²) < 4.78 is 2.60. The van der Waals surface area contributed by atoms with E-state index in [4.69, 9.17) is 15.0 Å². The van der Waals surface area contributed by atoms with E-state index in [2.05, 4.69) is 194 Å². The van der Waals surface area contributed by atoms with Crippen molar-refractivity contribution in [2.45, 2.75) is 5.41 Å². The van der Waals surface area contributed by atoms with Crippen LogP contribution in [0.4, 0.5) is 0 Å². The van der Waals surface area contributed by atoms with E-state index < -0.39 is 5.41 Å². The Balaban J connectivity index is 0.958. The molecule has 288 valence electrons. The van der Waals surface area contributed by atoms with Crippen molar-refractivity contribution in [3.8, 4) is 78.7 Å². The van der Waals surface area contributed by atoms with Crippen molar-refractivity contribution < 1.29 is 0 Å². The van der Waals surface area contributed by atoms with Crippen LogP contribution in [0.1, 0.15) is 22.3 Å². The first kappa shape index (κ1) is 35.0. The van der Waals surface area contributed by atoms with Crippen LogP contribution in [0.3, 0.4) is 0 Å². The normalized spacial score (nSPS) is 13.0. The first-order valence-corrected chi connectivity index (χ1v) is 21.9. The monoisotopic (exact) mass is 805 g/mol. The minimum Gasteiger partial charge on any atom is -0.208 e. The zero-order valence-electron chi connectivity index (χ0n) is 33.5. The van der Waals surface area contributed by atoms with Gasteiger partial charge < -0.3 is 0 Å². The standard InChI is InChI=1S/C58H35N3S/c1-2-15-37(16-3-1)55-59-56(38-33-31-36(32-34-38)42-24-14-26-48-46-22-7-11-30-52(46)62-54(42)48)61-57(60-55)40-18-12-17-39(35-40)41-23-13-25-47-45-21-6-10-29-51(45)58(53(41)47)49-27-8-4-19-43(49)44-20-5-9-28-50(44)58/h1-35H. The Labute approximate surface area is 363 Å². The molecule has 9 aromatic carbocycles. The minimum absolute atomic E-state index is 0.457. The second-order valence-electron chi connectivity index (χ2n) is 16.2. The maximum Gasteiger partial charge on any atom is 0.164 e. The van der Waals surface area contributed by atoms with Gasteiger partial charge in [-0.25, -0.2) is 15.0 Å². The third-order valence-corrected chi connectivity index (χ3v) is 14.2. The van der Waals surface area contributed by atoms with E-state index in [1.807, 2.05) is 29.5 Å². The topological polar surface area (TPSA) is 38.7 Å². The van der Waals surface area contributed by atoms with Gasteiger partial charge in [0.05, 0.1) is 5.41 Å². The number of hydrogen-bond donors (Lipinski definition) is 0. The lowest BCUT2D eigenvalue weighted by molar-refractivity contribution is 0.796. The van der Waals surface area contributed by atoms with E-state index >= 15 is 0 Å². The van der Waals surface area contributed by atoms with Crippen molar-refractivity contribution in [3.63, 3.8) is 0 Å². The maximum absolute atomic E-state index is 5.23. The van der Waals surface area contributed by atoms with Gasteiger partial charge in [0.2, 0.25) is 0 Å². The van der Waals surface area contributed by atoms with E-state index in [-0.39, 0.29) is 0 Å². The highest BCUT2D eigenvalue weighted by molar-refractivity contribution is 7.26. The van der Waals surface area contributed by atoms with Crippen LogP contribution in [0.25, 0.3) is 98.8 Å². The number of benzene rings is 9. The lowest BCUT2D eigenvalue weighted by Gasteiger charge is -2.32. The average Bonchev–Trinajstić information content (AvgIpc) is 3.99. The second kappa shape index (κ2) is 13.6. The molecule has 0 saturated carbocycles. The van der Waals surface area contributed by atoms with E-state index in [9.17, 15) is 0 Å². The Morgan fingerprint density at radius 1 is 0.306 bits per heavy atom. The number of thiophene rings is 1. The molecule has 0 unspecified atom stereocenters. The van der Waals surface area contributed by atoms with Crippen LogP contribution in [-0.2, 0) is 5.41 Å². The molecule has 2 aromatic heterocycles. The van der Waals surface area contributed by atoms with Crippen LogP contribution in [0, 0.1) is 0 Å². The van der Waals surface area contributed by atoms with Crippen LogP contribution in [0.5, 0.6) is 0 Å². The summed E-state index contributed by atoms with van der Waals surface area (Å²) >= 11 is 1.85. The zero-order valence-corrected chi connectivity index (χ0v) is 34.3. The third-order valence-electron chi connectivity index (χ3n) is 13.0. The third kappa shape index (κ3) is 5.08. The highest BCUT2D eigenvalue weighted by Gasteiger charge is 2.52. The quantitative estimate of drug-likeness (QED) is 0.174. The van der Waals surface area contributed by atoms with E-state index in [1.54, 1.807) is 0 Å². The summed E-state index contributed by atoms with van der Waals surface area (Å²) in [7, 11) is 0. The summed E-state index contributed by atoms with van der Waals surface area (Å²) in [6, 6.07) is 76.7. The van der Waals surface area contributed by atoms with Gasteiger partial charge in [-0.1, -0.05) is 200 Å². The lowest BCUT2D eigenvalue weighted by Crippen LogP contribution is -2.26. The molecular formula is C58H35N3S. The van der Waals surface area contributed by atoms with Gasteiger partial charge in [-0.15, -0.1) is 11.3 Å². The molecule has 0 N–H and O–H groups in total. The molecular weight excluding hydrogens is 771 g/mol. The summed E-state index contributed by atoms with van der Waals surface area (Å²) in [4.78, 5) is 15.5. The van der Waals surface area contributed by atoms with Gasteiger partial charge in [0, 0.05) is 36.9 Å². The van der Waals surface area contributed by atoms with E-state index in [0.29, 0.717) is 17.5 Å². The summed E-state index contributed by atoms with van der Waals surface area (Å²) in [6.45, 7) is 0. The number of nitrogens with zero attached hydrogens (tertiary/aromatic N) is 3. The molecule has 0 bridgehead atoms. The second-order valence-corrected chi connectivity index (χ2v) is 17.3. The highest BCUT2D eigenvalue weighted by Crippen LogP contribution is 2.64. The summed E-state index contributed by atoms with van der Waals surface area (Å²) in [5.74, 6) is 1.92. The van der Waals surface area contributed by atoms with Gasteiger partial charge in [0.25, 0.3) is 0 Å². The zero-order chi connectivity index (χ0) is 40.8. The number of aromatic nitrogens is 3. The molecule has 0 aliphatic heterocycles. The van der Waals surface area contributed by atoms with Crippen molar-refractivity contribution in [1.29, 1.82) is 0 Å². The van der Waals surface area contributed by atoms with Crippen LogP contribution in [0.2, 0.25) is 0 Å². The minimum atomic E-state index is -0.457. The SMILES string of the molecule is c1ccc(-c2nc(-c3ccc(-c4cccc5c4sc4ccccc45)cc3)nc(-c3cccc(-c4cccc5c4C4(c6ccccc6-c6ccccc64)c4ccccc4-5)c3)n2)cc1. The molecule has 0 atom stereocenters. The van der Waals surface area contributed by atoms with Crippen LogP contribution in [0.15, 0.2) is 212 Å². The first-order valence-electron chi connectivity index (χ1n) is 21.1. The Hall–Kier alpha value is -7.79. The number of rotatable bonds is 5. The van der Waals surface area contributed by atoms with Crippen LogP contribution >= 0.6 is 11.3 Å². The van der Waals surface area contributed by atoms with Gasteiger partial charge in [0.1, 0.15) is 0 Å². The number of hydrogen-bond acceptors (Lipinski definition) is 4. The van der Waals surface area contributed by atoms with Gasteiger partial charge in [-0.3, -0.25) is 0 Å². The molecule has 0 fully saturated rings. The number of fused-ring (bicyclic) bond motifs is 13. The molecule has 11 aromatic rings. The highest BCUT2D eigenvalue weighted by atomic mass is 32.1. The fourth-order valence-corrected chi connectivity index (χ4v) is 11.6. The average molecular weight is 806 g/mol. The molecule has 2 heterocycles. The first-order chi connectivity index (χ1) is 30.7. The van der Waals surface area contributed by atoms with E-state index in [1.165, 1.54) is 81.4 Å². The van der Waals surface area contributed by atoms with Crippen molar-refractivity contribution in [2.24, 2.45) is 0 Å². The molecule has 0 saturated heterocycles. The maximum atomic E-state index is 5.23. The van der Waals surface area contributed by atoms with Gasteiger partial charge >= 0.3 is 0 Å². The lowest BCUT2D eigenvalue weighted by atomic mass is 9.68. The molecule has 3 nitrogen and oxygen atoms in total. The molecule has 2 aliphatic carbocycles. The Morgan fingerprint density at radius 3 is 1.47 bits per heavy atom. The van der Waals surface area contributed by atoms with Gasteiger partial charge in [0.15, 0.2) is 17.5 Å². The van der Waals surface area contributed by atoms with Gasteiger partial charge in [-0.05, 0) is 78.9 Å². The van der Waals surface area contributed by atoms with Crippen LogP contribution < -0.4 is 0 Å². The fourth-order valence-electron chi connectivity index (χ4n) is 10.3. The molecule has 1 spiro atoms. The molecule has 2 aliphatic rings. The molecule has 62 heavy (non-hydrogen) atoms. The van der Waals surface area contributed by atoms with Crippen molar-refractivity contribution in [2.75, 3.05) is 0 Å². The van der Waals surface area contributed by atoms with E-state index in [0.717, 1.165) is 22.3 Å². The summed E-state index contributed by atoms with van der Waals surface area (Å²) in [5, 5.41) is 2.60. The largest absolute Gasteiger partial charge is 0.208 e. The predicted molar refractivity (Wildman–Crippen MR) is 256 cm³/mol. The Kier molecular flexibility index (Phi) is 7.69. The molecule has 13 rings (SSSR count). The Morgan fingerprint density at radius 2 is 0.758 bits per heavy atom. The molecule has 0 amide bonds. The van der Waals surface area contributed by atoms with Crippen molar-refractivity contribution >= 4 is 31.5 Å². The smallest absolute Gasteiger partial charge is 0.164 e. The van der Waals surface area contributed by atoms with Gasteiger partial charge in [-0.2, -0.15) is 0 Å². The van der Waals surface area contributed by atoms with Crippen molar-refractivity contribution in [3.05, 3.63) is 235 Å². The fraction of sp³-hybridized carbons (Fsp3) is 0.0172. The summed E-state index contributed by atoms with van der Waals surface area (Å²) in [6.07, 6.45) is 0. The Bertz CT molecular complexity index is 3520. The molecule has 4 heteroatoms. The van der Waals surface area contributed by atoms with Crippen LogP contribution in [-0.4, -0.2) is 15.0 Å². The molecule has 0 radical (unpaired) electrons. The predicted octanol–water partition coefficient (Wildman–Crippen LogP) is 14.9.